The lowest BCUT2D eigenvalue weighted by Crippen LogP contribution is -2.46. The third-order valence-corrected chi connectivity index (χ3v) is 5.41. The Morgan fingerprint density at radius 3 is 2.77 bits per heavy atom. The number of amides is 1. The molecule has 2 aromatic rings. The standard InChI is InChI=1S/C18H28N6O.ClH/c1-12-15(13(2)24-18(22-12)20-11-21-24)8-9-17(25)23-16(10-19)14-6-4-3-5-7-14;/h11,14,16H,3-10,19H2,1-2H3,(H,23,25);1H. The van der Waals surface area contributed by atoms with Crippen LogP contribution in [0.25, 0.3) is 5.78 Å². The summed E-state index contributed by atoms with van der Waals surface area (Å²) in [5.41, 5.74) is 8.89. The molecule has 7 nitrogen and oxygen atoms in total. The summed E-state index contributed by atoms with van der Waals surface area (Å²) >= 11 is 0. The van der Waals surface area contributed by atoms with Crippen LogP contribution in [0.3, 0.4) is 0 Å². The van der Waals surface area contributed by atoms with Gasteiger partial charge in [-0.05, 0) is 44.6 Å². The summed E-state index contributed by atoms with van der Waals surface area (Å²) < 4.78 is 1.73. The molecule has 8 heteroatoms. The highest BCUT2D eigenvalue weighted by molar-refractivity contribution is 5.85. The number of hydrogen-bond donors (Lipinski definition) is 2. The summed E-state index contributed by atoms with van der Waals surface area (Å²) in [6, 6.07) is 0.103. The topological polar surface area (TPSA) is 98.2 Å². The van der Waals surface area contributed by atoms with Gasteiger partial charge in [0.25, 0.3) is 5.78 Å². The molecule has 0 aromatic carbocycles. The first kappa shape index (κ1) is 20.6. The van der Waals surface area contributed by atoms with Crippen LogP contribution in [0.5, 0.6) is 0 Å². The van der Waals surface area contributed by atoms with E-state index in [9.17, 15) is 4.79 Å². The number of carbonyl (C=O) groups is 1. The number of rotatable bonds is 6. The summed E-state index contributed by atoms with van der Waals surface area (Å²) in [5.74, 6) is 1.20. The lowest BCUT2D eigenvalue weighted by Gasteiger charge is -2.30. The Morgan fingerprint density at radius 1 is 1.35 bits per heavy atom. The number of hydrogen-bond acceptors (Lipinski definition) is 5. The van der Waals surface area contributed by atoms with Crippen LogP contribution >= 0.6 is 12.4 Å². The number of fused-ring (bicyclic) bond motifs is 1. The number of nitrogens with zero attached hydrogens (tertiary/aromatic N) is 4. The molecule has 3 rings (SSSR count). The van der Waals surface area contributed by atoms with Gasteiger partial charge in [-0.2, -0.15) is 10.1 Å². The van der Waals surface area contributed by atoms with E-state index >= 15 is 0 Å². The normalized spacial score (nSPS) is 16.3. The molecule has 1 amide bonds. The van der Waals surface area contributed by atoms with Crippen molar-refractivity contribution in [3.05, 3.63) is 23.3 Å². The van der Waals surface area contributed by atoms with E-state index in [0.717, 1.165) is 17.0 Å². The lowest BCUT2D eigenvalue weighted by atomic mass is 9.84. The van der Waals surface area contributed by atoms with Crippen LogP contribution in [0.2, 0.25) is 0 Å². The molecule has 0 bridgehead atoms. The van der Waals surface area contributed by atoms with E-state index in [1.165, 1.54) is 38.4 Å². The largest absolute Gasteiger partial charge is 0.352 e. The van der Waals surface area contributed by atoms with Gasteiger partial charge in [0.2, 0.25) is 5.91 Å². The summed E-state index contributed by atoms with van der Waals surface area (Å²) in [7, 11) is 0. The van der Waals surface area contributed by atoms with Crippen LogP contribution in [0.1, 0.15) is 55.5 Å². The van der Waals surface area contributed by atoms with E-state index in [0.29, 0.717) is 31.1 Å². The maximum absolute atomic E-state index is 12.4. The SMILES string of the molecule is Cc1nc2ncnn2c(C)c1CCC(=O)NC(CN)C1CCCCC1.Cl. The minimum atomic E-state index is 0. The monoisotopic (exact) mass is 380 g/mol. The van der Waals surface area contributed by atoms with Gasteiger partial charge in [0.15, 0.2) is 0 Å². The van der Waals surface area contributed by atoms with Crippen molar-refractivity contribution in [2.75, 3.05) is 6.54 Å². The fourth-order valence-electron chi connectivity index (χ4n) is 3.94. The second-order valence-corrected chi connectivity index (χ2v) is 7.04. The van der Waals surface area contributed by atoms with Gasteiger partial charge >= 0.3 is 0 Å². The average Bonchev–Trinajstić information content (AvgIpc) is 3.08. The minimum absolute atomic E-state index is 0. The summed E-state index contributed by atoms with van der Waals surface area (Å²) in [6.07, 6.45) is 8.74. The first-order valence-electron chi connectivity index (χ1n) is 9.25. The molecule has 1 saturated carbocycles. The van der Waals surface area contributed by atoms with Crippen LogP contribution in [0.4, 0.5) is 0 Å². The van der Waals surface area contributed by atoms with Crippen molar-refractivity contribution < 1.29 is 4.79 Å². The highest BCUT2D eigenvalue weighted by atomic mass is 35.5. The molecule has 0 saturated heterocycles. The van der Waals surface area contributed by atoms with Crippen molar-refractivity contribution in [2.24, 2.45) is 11.7 Å². The van der Waals surface area contributed by atoms with E-state index in [1.807, 2.05) is 13.8 Å². The molecule has 0 spiro atoms. The van der Waals surface area contributed by atoms with E-state index in [2.05, 4.69) is 20.4 Å². The van der Waals surface area contributed by atoms with Gasteiger partial charge in [-0.3, -0.25) is 4.79 Å². The Bertz CT molecular complexity index is 741. The fraction of sp³-hybridized carbons (Fsp3) is 0.667. The predicted molar refractivity (Wildman–Crippen MR) is 103 cm³/mol. The van der Waals surface area contributed by atoms with Gasteiger partial charge < -0.3 is 11.1 Å². The van der Waals surface area contributed by atoms with Crippen LogP contribution in [-0.4, -0.2) is 38.1 Å². The van der Waals surface area contributed by atoms with Crippen LogP contribution in [0, 0.1) is 19.8 Å². The Hall–Kier alpha value is -1.73. The number of aromatic nitrogens is 4. The molecule has 1 aliphatic carbocycles. The molecule has 0 aliphatic heterocycles. The Labute approximate surface area is 160 Å². The Balaban J connectivity index is 0.00000243. The van der Waals surface area contributed by atoms with Crippen molar-refractivity contribution in [1.82, 2.24) is 24.9 Å². The molecular formula is C18H29ClN6O. The highest BCUT2D eigenvalue weighted by Crippen LogP contribution is 2.26. The Kier molecular flexibility index (Phi) is 7.34. The summed E-state index contributed by atoms with van der Waals surface area (Å²) in [5, 5.41) is 7.35. The number of nitrogens with two attached hydrogens (primary N) is 1. The van der Waals surface area contributed by atoms with Gasteiger partial charge in [0.05, 0.1) is 0 Å². The molecule has 0 radical (unpaired) electrons. The predicted octanol–water partition coefficient (Wildman–Crippen LogP) is 2.12. The zero-order valence-electron chi connectivity index (χ0n) is 15.6. The van der Waals surface area contributed by atoms with Crippen molar-refractivity contribution >= 4 is 24.1 Å². The third kappa shape index (κ3) is 4.51. The van der Waals surface area contributed by atoms with E-state index in [1.54, 1.807) is 4.52 Å². The maximum Gasteiger partial charge on any atom is 0.252 e. The fourth-order valence-corrected chi connectivity index (χ4v) is 3.94. The van der Waals surface area contributed by atoms with Crippen molar-refractivity contribution in [2.45, 2.75) is 64.8 Å². The second kappa shape index (κ2) is 9.28. The first-order chi connectivity index (χ1) is 12.1. The van der Waals surface area contributed by atoms with Gasteiger partial charge in [0, 0.05) is 30.4 Å². The van der Waals surface area contributed by atoms with Gasteiger partial charge in [-0.25, -0.2) is 9.50 Å². The van der Waals surface area contributed by atoms with Gasteiger partial charge in [0.1, 0.15) is 6.33 Å². The quantitative estimate of drug-likeness (QED) is 0.799. The minimum Gasteiger partial charge on any atom is -0.352 e. The average molecular weight is 381 g/mol. The zero-order valence-corrected chi connectivity index (χ0v) is 16.4. The molecule has 2 aromatic heterocycles. The molecule has 1 aliphatic rings. The second-order valence-electron chi connectivity index (χ2n) is 7.04. The van der Waals surface area contributed by atoms with E-state index < -0.39 is 0 Å². The van der Waals surface area contributed by atoms with E-state index in [-0.39, 0.29) is 24.4 Å². The van der Waals surface area contributed by atoms with Crippen molar-refractivity contribution in [3.8, 4) is 0 Å². The highest BCUT2D eigenvalue weighted by Gasteiger charge is 2.24. The molecule has 1 atom stereocenters. The van der Waals surface area contributed by atoms with E-state index in [4.69, 9.17) is 5.73 Å². The smallest absolute Gasteiger partial charge is 0.252 e. The van der Waals surface area contributed by atoms with Crippen LogP contribution < -0.4 is 11.1 Å². The summed E-state index contributed by atoms with van der Waals surface area (Å²) in [6.45, 7) is 4.47. The number of nitrogens with one attached hydrogen (secondary N) is 1. The van der Waals surface area contributed by atoms with Crippen molar-refractivity contribution in [3.63, 3.8) is 0 Å². The third-order valence-electron chi connectivity index (χ3n) is 5.41. The molecule has 2 heterocycles. The number of aryl methyl sites for hydroxylation is 2. The molecule has 3 N–H and O–H groups in total. The zero-order chi connectivity index (χ0) is 17.8. The first-order valence-corrected chi connectivity index (χ1v) is 9.25. The van der Waals surface area contributed by atoms with Crippen LogP contribution in [-0.2, 0) is 11.2 Å². The molecule has 1 fully saturated rings. The Morgan fingerprint density at radius 2 is 2.08 bits per heavy atom. The van der Waals surface area contributed by atoms with Crippen LogP contribution in [0.15, 0.2) is 6.33 Å². The molecule has 26 heavy (non-hydrogen) atoms. The van der Waals surface area contributed by atoms with Gasteiger partial charge in [-0.1, -0.05) is 19.3 Å². The molecular weight excluding hydrogens is 352 g/mol. The molecule has 1 unspecified atom stereocenters. The number of carbonyl (C=O) groups excluding carboxylic acids is 1. The number of halogens is 1. The maximum atomic E-state index is 12.4. The van der Waals surface area contributed by atoms with Gasteiger partial charge in [-0.15, -0.1) is 12.4 Å². The lowest BCUT2D eigenvalue weighted by molar-refractivity contribution is -0.122. The van der Waals surface area contributed by atoms with Crippen molar-refractivity contribution in [1.29, 1.82) is 0 Å². The molecule has 144 valence electrons. The summed E-state index contributed by atoms with van der Waals surface area (Å²) in [4.78, 5) is 21.0.